The number of benzene rings is 1. The van der Waals surface area contributed by atoms with Gasteiger partial charge in [0.05, 0.1) is 11.0 Å². The van der Waals surface area contributed by atoms with E-state index in [4.69, 9.17) is 5.73 Å². The van der Waals surface area contributed by atoms with Crippen LogP contribution in [0.15, 0.2) is 24.3 Å². The fourth-order valence-electron chi connectivity index (χ4n) is 1.55. The average Bonchev–Trinajstić information content (AvgIpc) is 2.44. The normalized spacial score (nSPS) is 10.1. The van der Waals surface area contributed by atoms with Crippen LogP contribution in [-0.4, -0.2) is 9.55 Å². The fraction of sp³-hybridized carbons (Fsp3) is 0.300. The van der Waals surface area contributed by atoms with E-state index in [0.29, 0.717) is 5.95 Å². The van der Waals surface area contributed by atoms with Crippen LogP contribution in [-0.2, 0) is 6.54 Å². The zero-order valence-electron chi connectivity index (χ0n) is 8.10. The quantitative estimate of drug-likeness (QED) is 0.897. The van der Waals surface area contributed by atoms with Crippen LogP contribution in [0.3, 0.4) is 0 Å². The third-order valence-corrected chi connectivity index (χ3v) is 2.13. The van der Waals surface area contributed by atoms with Crippen LogP contribution in [0, 0.1) is 0 Å². The smallest absolute Gasteiger partial charge is 0.201 e. The van der Waals surface area contributed by atoms with Crippen LogP contribution >= 0.6 is 17.0 Å². The summed E-state index contributed by atoms with van der Waals surface area (Å²) in [5, 5.41) is 0. The Morgan fingerprint density at radius 2 is 2.07 bits per heavy atom. The van der Waals surface area contributed by atoms with Gasteiger partial charge in [0.1, 0.15) is 0 Å². The summed E-state index contributed by atoms with van der Waals surface area (Å²) in [7, 11) is 0. The van der Waals surface area contributed by atoms with Gasteiger partial charge in [-0.3, -0.25) is 0 Å². The maximum atomic E-state index is 5.79. The lowest BCUT2D eigenvalue weighted by molar-refractivity contribution is 0.707. The second kappa shape index (κ2) is 4.46. The summed E-state index contributed by atoms with van der Waals surface area (Å²) in [5.74, 6) is 0.614. The van der Waals surface area contributed by atoms with Crippen LogP contribution in [0.25, 0.3) is 11.0 Å². The van der Waals surface area contributed by atoms with E-state index < -0.39 is 0 Å². The molecule has 4 heteroatoms. The molecule has 0 saturated carbocycles. The predicted molar refractivity (Wildman–Crippen MR) is 64.8 cm³/mol. The molecule has 0 fully saturated rings. The van der Waals surface area contributed by atoms with E-state index in [0.717, 1.165) is 24.0 Å². The lowest BCUT2D eigenvalue weighted by atomic mass is 10.3. The SMILES string of the molecule is Br.CCCn1c(N)nc2ccccc21. The Bertz CT molecular complexity index is 422. The molecule has 2 N–H and O–H groups in total. The third kappa shape index (κ3) is 1.75. The van der Waals surface area contributed by atoms with E-state index in [-0.39, 0.29) is 17.0 Å². The number of fused-ring (bicyclic) bond motifs is 1. The van der Waals surface area contributed by atoms with Crippen LogP contribution in [0.5, 0.6) is 0 Å². The van der Waals surface area contributed by atoms with Gasteiger partial charge in [0.15, 0.2) is 0 Å². The molecule has 76 valence electrons. The van der Waals surface area contributed by atoms with Gasteiger partial charge in [0, 0.05) is 6.54 Å². The summed E-state index contributed by atoms with van der Waals surface area (Å²) in [5.41, 5.74) is 7.90. The predicted octanol–water partition coefficient (Wildman–Crippen LogP) is 2.61. The first-order valence-electron chi connectivity index (χ1n) is 4.53. The van der Waals surface area contributed by atoms with Crippen molar-refractivity contribution < 1.29 is 0 Å². The van der Waals surface area contributed by atoms with Gasteiger partial charge >= 0.3 is 0 Å². The highest BCUT2D eigenvalue weighted by Crippen LogP contribution is 2.17. The molecule has 1 aromatic carbocycles. The number of imidazole rings is 1. The molecule has 2 rings (SSSR count). The molecule has 0 unspecified atom stereocenters. The van der Waals surface area contributed by atoms with Crippen LogP contribution < -0.4 is 5.73 Å². The lowest BCUT2D eigenvalue weighted by Gasteiger charge is -2.02. The van der Waals surface area contributed by atoms with Crippen molar-refractivity contribution in [2.75, 3.05) is 5.73 Å². The van der Waals surface area contributed by atoms with Gasteiger partial charge in [-0.15, -0.1) is 17.0 Å². The maximum Gasteiger partial charge on any atom is 0.201 e. The number of rotatable bonds is 2. The van der Waals surface area contributed by atoms with E-state index in [1.165, 1.54) is 0 Å². The Hall–Kier alpha value is -1.03. The molecule has 3 nitrogen and oxygen atoms in total. The lowest BCUT2D eigenvalue weighted by Crippen LogP contribution is -2.02. The average molecular weight is 256 g/mol. The topological polar surface area (TPSA) is 43.8 Å². The highest BCUT2D eigenvalue weighted by molar-refractivity contribution is 8.93. The minimum atomic E-state index is 0. The van der Waals surface area contributed by atoms with Crippen molar-refractivity contribution in [2.24, 2.45) is 0 Å². The Morgan fingerprint density at radius 1 is 1.36 bits per heavy atom. The molecule has 14 heavy (non-hydrogen) atoms. The first-order chi connectivity index (χ1) is 6.33. The summed E-state index contributed by atoms with van der Waals surface area (Å²) in [6, 6.07) is 8.02. The largest absolute Gasteiger partial charge is 0.369 e. The minimum Gasteiger partial charge on any atom is -0.369 e. The van der Waals surface area contributed by atoms with Crippen LogP contribution in [0.2, 0.25) is 0 Å². The summed E-state index contributed by atoms with van der Waals surface area (Å²) >= 11 is 0. The molecular formula is C10H14BrN3. The number of hydrogen-bond acceptors (Lipinski definition) is 2. The number of nitrogen functional groups attached to an aromatic ring is 1. The molecule has 0 bridgehead atoms. The molecular weight excluding hydrogens is 242 g/mol. The Morgan fingerprint density at radius 3 is 2.79 bits per heavy atom. The van der Waals surface area contributed by atoms with Crippen LogP contribution in [0.1, 0.15) is 13.3 Å². The van der Waals surface area contributed by atoms with Crippen molar-refractivity contribution in [3.05, 3.63) is 24.3 Å². The van der Waals surface area contributed by atoms with E-state index in [1.807, 2.05) is 24.3 Å². The zero-order valence-corrected chi connectivity index (χ0v) is 9.82. The Kier molecular flexibility index (Phi) is 3.52. The van der Waals surface area contributed by atoms with Gasteiger partial charge < -0.3 is 10.3 Å². The highest BCUT2D eigenvalue weighted by Gasteiger charge is 2.04. The van der Waals surface area contributed by atoms with Crippen molar-refractivity contribution in [2.45, 2.75) is 19.9 Å². The van der Waals surface area contributed by atoms with Crippen molar-refractivity contribution in [1.29, 1.82) is 0 Å². The second-order valence-electron chi connectivity index (χ2n) is 3.11. The molecule has 0 aliphatic heterocycles. The van der Waals surface area contributed by atoms with Gasteiger partial charge in [-0.2, -0.15) is 0 Å². The van der Waals surface area contributed by atoms with Gasteiger partial charge in [0.2, 0.25) is 5.95 Å². The van der Waals surface area contributed by atoms with E-state index >= 15 is 0 Å². The third-order valence-electron chi connectivity index (χ3n) is 2.13. The standard InChI is InChI=1S/C10H13N3.BrH/c1-2-7-13-9-6-4-3-5-8(9)12-10(13)11;/h3-6H,2,7H2,1H3,(H2,11,12);1H. The van der Waals surface area contributed by atoms with Crippen molar-refractivity contribution in [3.8, 4) is 0 Å². The van der Waals surface area contributed by atoms with E-state index in [1.54, 1.807) is 0 Å². The summed E-state index contributed by atoms with van der Waals surface area (Å²) in [4.78, 5) is 4.27. The molecule has 0 aliphatic carbocycles. The summed E-state index contributed by atoms with van der Waals surface area (Å²) in [6.07, 6.45) is 1.07. The molecule has 0 atom stereocenters. The number of nitrogens with zero attached hydrogens (tertiary/aromatic N) is 2. The number of nitrogens with two attached hydrogens (primary N) is 1. The first-order valence-corrected chi connectivity index (χ1v) is 4.53. The van der Waals surface area contributed by atoms with Crippen molar-refractivity contribution in [3.63, 3.8) is 0 Å². The first kappa shape index (κ1) is 11.0. The Labute approximate surface area is 93.7 Å². The fourth-order valence-corrected chi connectivity index (χ4v) is 1.55. The second-order valence-corrected chi connectivity index (χ2v) is 3.11. The number of hydrogen-bond donors (Lipinski definition) is 1. The molecule has 0 amide bonds. The molecule has 1 heterocycles. The van der Waals surface area contributed by atoms with Gasteiger partial charge in [-0.05, 0) is 18.6 Å². The molecule has 0 spiro atoms. The van der Waals surface area contributed by atoms with Gasteiger partial charge in [-0.1, -0.05) is 19.1 Å². The number of aryl methyl sites for hydroxylation is 1. The molecule has 0 radical (unpaired) electrons. The number of anilines is 1. The summed E-state index contributed by atoms with van der Waals surface area (Å²) in [6.45, 7) is 3.07. The summed E-state index contributed by atoms with van der Waals surface area (Å²) < 4.78 is 2.05. The number of para-hydroxylation sites is 2. The molecule has 2 aromatic rings. The maximum absolute atomic E-state index is 5.79. The van der Waals surface area contributed by atoms with Crippen LogP contribution in [0.4, 0.5) is 5.95 Å². The Balaban J connectivity index is 0.000000980. The van der Waals surface area contributed by atoms with Crippen molar-refractivity contribution >= 4 is 34.0 Å². The molecule has 0 aliphatic rings. The van der Waals surface area contributed by atoms with E-state index in [9.17, 15) is 0 Å². The van der Waals surface area contributed by atoms with Crippen molar-refractivity contribution in [1.82, 2.24) is 9.55 Å². The van der Waals surface area contributed by atoms with Gasteiger partial charge in [0.25, 0.3) is 0 Å². The number of aromatic nitrogens is 2. The molecule has 1 aromatic heterocycles. The van der Waals surface area contributed by atoms with E-state index in [2.05, 4.69) is 16.5 Å². The highest BCUT2D eigenvalue weighted by atomic mass is 79.9. The molecule has 0 saturated heterocycles. The van der Waals surface area contributed by atoms with Gasteiger partial charge in [-0.25, -0.2) is 4.98 Å². The number of halogens is 1. The monoisotopic (exact) mass is 255 g/mol. The minimum absolute atomic E-state index is 0. The zero-order chi connectivity index (χ0) is 9.26.